The van der Waals surface area contributed by atoms with Gasteiger partial charge in [-0.05, 0) is 61.0 Å². The van der Waals surface area contributed by atoms with Crippen molar-refractivity contribution in [2.45, 2.75) is 13.0 Å². The van der Waals surface area contributed by atoms with Crippen LogP contribution in [0.5, 0.6) is 0 Å². The maximum absolute atomic E-state index is 13.4. The zero-order valence-electron chi connectivity index (χ0n) is 16.6. The smallest absolute Gasteiger partial charge is 0.255 e. The van der Waals surface area contributed by atoms with Crippen LogP contribution in [0.4, 0.5) is 16.0 Å². The fraction of sp³-hybridized carbons (Fsp3) is 0.0833. The number of imidazole rings is 1. The van der Waals surface area contributed by atoms with Crippen molar-refractivity contribution in [3.05, 3.63) is 100 Å². The Morgan fingerprint density at radius 1 is 1.06 bits per heavy atom. The van der Waals surface area contributed by atoms with E-state index in [-0.39, 0.29) is 11.7 Å². The number of fused-ring (bicyclic) bond motifs is 3. The molecule has 154 valence electrons. The van der Waals surface area contributed by atoms with Gasteiger partial charge in [0.05, 0.1) is 22.6 Å². The Morgan fingerprint density at radius 2 is 1.77 bits per heavy atom. The monoisotopic (exact) mass is 432 g/mol. The summed E-state index contributed by atoms with van der Waals surface area (Å²) in [7, 11) is 0. The number of para-hydroxylation sites is 2. The molecule has 1 aromatic heterocycles. The number of nitrogens with zero attached hydrogens (tertiary/aromatic N) is 2. The summed E-state index contributed by atoms with van der Waals surface area (Å²) in [5.74, 6) is 0.0262. The number of amides is 1. The van der Waals surface area contributed by atoms with Crippen molar-refractivity contribution in [3.8, 4) is 0 Å². The highest BCUT2D eigenvalue weighted by molar-refractivity contribution is 6.30. The number of hydrogen-bond acceptors (Lipinski definition) is 3. The quantitative estimate of drug-likeness (QED) is 0.433. The second kappa shape index (κ2) is 7.56. The van der Waals surface area contributed by atoms with Gasteiger partial charge in [0.25, 0.3) is 5.91 Å². The zero-order chi connectivity index (χ0) is 21.5. The number of benzene rings is 3. The van der Waals surface area contributed by atoms with E-state index < -0.39 is 6.04 Å². The minimum Gasteiger partial charge on any atom is -0.329 e. The highest BCUT2D eigenvalue weighted by Gasteiger charge is 2.34. The molecule has 3 aromatic carbocycles. The predicted molar refractivity (Wildman–Crippen MR) is 121 cm³/mol. The van der Waals surface area contributed by atoms with Crippen molar-refractivity contribution in [1.82, 2.24) is 9.55 Å². The number of halogens is 2. The molecule has 1 aliphatic heterocycles. The molecule has 0 unspecified atom stereocenters. The lowest BCUT2D eigenvalue weighted by Gasteiger charge is -2.30. The Labute approximate surface area is 183 Å². The van der Waals surface area contributed by atoms with Gasteiger partial charge in [0.15, 0.2) is 0 Å². The van der Waals surface area contributed by atoms with Crippen LogP contribution in [0.1, 0.15) is 18.5 Å². The van der Waals surface area contributed by atoms with Crippen molar-refractivity contribution in [3.63, 3.8) is 0 Å². The van der Waals surface area contributed by atoms with E-state index in [9.17, 15) is 9.18 Å². The third kappa shape index (κ3) is 3.45. The van der Waals surface area contributed by atoms with Crippen LogP contribution in [0.25, 0.3) is 11.0 Å². The Morgan fingerprint density at radius 3 is 2.52 bits per heavy atom. The lowest BCUT2D eigenvalue weighted by molar-refractivity contribution is -0.113. The SMILES string of the molecule is CC1=C(C(=O)Nc2ccc(F)cc2)[C@@H](c2ccc(Cl)cc2)n2c(nc3ccccc32)N1. The normalized spacial score (nSPS) is 15.5. The van der Waals surface area contributed by atoms with Crippen LogP contribution in [-0.4, -0.2) is 15.5 Å². The molecule has 5 rings (SSSR count). The van der Waals surface area contributed by atoms with Gasteiger partial charge in [0.1, 0.15) is 5.82 Å². The molecule has 0 saturated heterocycles. The van der Waals surface area contributed by atoms with Crippen molar-refractivity contribution in [1.29, 1.82) is 0 Å². The van der Waals surface area contributed by atoms with Gasteiger partial charge in [-0.25, -0.2) is 9.37 Å². The molecule has 0 spiro atoms. The fourth-order valence-electron chi connectivity index (χ4n) is 3.95. The van der Waals surface area contributed by atoms with E-state index in [2.05, 4.69) is 10.6 Å². The Hall–Kier alpha value is -3.64. The molecular formula is C24H18ClFN4O. The third-order valence-corrected chi connectivity index (χ3v) is 5.62. The van der Waals surface area contributed by atoms with Gasteiger partial charge in [0.2, 0.25) is 5.95 Å². The third-order valence-electron chi connectivity index (χ3n) is 5.36. The van der Waals surface area contributed by atoms with Gasteiger partial charge in [-0.2, -0.15) is 0 Å². The van der Waals surface area contributed by atoms with E-state index in [4.69, 9.17) is 16.6 Å². The van der Waals surface area contributed by atoms with Gasteiger partial charge < -0.3 is 10.6 Å². The molecule has 0 radical (unpaired) electrons. The summed E-state index contributed by atoms with van der Waals surface area (Å²) in [6, 6.07) is 20.5. The van der Waals surface area contributed by atoms with Crippen molar-refractivity contribution in [2.75, 3.05) is 10.6 Å². The number of carbonyl (C=O) groups is 1. The first-order valence-corrected chi connectivity index (χ1v) is 10.2. The number of rotatable bonds is 3. The molecule has 2 N–H and O–H groups in total. The highest BCUT2D eigenvalue weighted by atomic mass is 35.5. The van der Waals surface area contributed by atoms with Gasteiger partial charge in [-0.1, -0.05) is 35.9 Å². The minimum absolute atomic E-state index is 0.278. The van der Waals surface area contributed by atoms with E-state index in [1.165, 1.54) is 24.3 Å². The summed E-state index contributed by atoms with van der Waals surface area (Å²) < 4.78 is 15.3. The standard InChI is InChI=1S/C24H18ClFN4O/c1-14-21(23(31)28-18-12-10-17(26)11-13-18)22(15-6-8-16(25)9-7-15)30-20-5-3-2-4-19(20)29-24(30)27-14/h2-13,22H,1H3,(H,27,29)(H,28,31)/t22-/m1/s1. The highest BCUT2D eigenvalue weighted by Crippen LogP contribution is 2.39. The number of hydrogen-bond donors (Lipinski definition) is 2. The largest absolute Gasteiger partial charge is 0.329 e. The number of carbonyl (C=O) groups excluding carboxylic acids is 1. The second-order valence-corrected chi connectivity index (χ2v) is 7.81. The summed E-state index contributed by atoms with van der Waals surface area (Å²) in [4.78, 5) is 18.1. The van der Waals surface area contributed by atoms with Crippen LogP contribution in [0.2, 0.25) is 5.02 Å². The van der Waals surface area contributed by atoms with Crippen molar-refractivity contribution in [2.24, 2.45) is 0 Å². The van der Waals surface area contributed by atoms with Gasteiger partial charge in [-0.3, -0.25) is 9.36 Å². The Bertz CT molecular complexity index is 1330. The number of allylic oxidation sites excluding steroid dienone is 1. The molecule has 2 heterocycles. The molecule has 0 aliphatic carbocycles. The van der Waals surface area contributed by atoms with Crippen molar-refractivity contribution < 1.29 is 9.18 Å². The van der Waals surface area contributed by atoms with E-state index in [1.807, 2.05) is 60.0 Å². The van der Waals surface area contributed by atoms with Crippen LogP contribution in [0, 0.1) is 5.82 Å². The van der Waals surface area contributed by atoms with Gasteiger partial charge in [0, 0.05) is 16.4 Å². The van der Waals surface area contributed by atoms with Crippen LogP contribution >= 0.6 is 11.6 Å². The first-order valence-electron chi connectivity index (χ1n) is 9.78. The molecule has 0 fully saturated rings. The van der Waals surface area contributed by atoms with Crippen LogP contribution in [0.3, 0.4) is 0 Å². The maximum Gasteiger partial charge on any atom is 0.255 e. The first-order chi connectivity index (χ1) is 15.0. The molecule has 0 saturated carbocycles. The number of aromatic nitrogens is 2. The molecule has 31 heavy (non-hydrogen) atoms. The molecule has 0 bridgehead atoms. The van der Waals surface area contributed by atoms with Crippen LogP contribution in [-0.2, 0) is 4.79 Å². The van der Waals surface area contributed by atoms with Crippen LogP contribution in [0.15, 0.2) is 84.1 Å². The topological polar surface area (TPSA) is 59.0 Å². The molecular weight excluding hydrogens is 415 g/mol. The Kier molecular flexibility index (Phi) is 4.71. The molecule has 1 amide bonds. The van der Waals surface area contributed by atoms with E-state index in [0.29, 0.717) is 27.9 Å². The van der Waals surface area contributed by atoms with Gasteiger partial charge in [-0.15, -0.1) is 0 Å². The van der Waals surface area contributed by atoms with Gasteiger partial charge >= 0.3 is 0 Å². The lowest BCUT2D eigenvalue weighted by atomic mass is 9.94. The molecule has 1 aliphatic rings. The number of nitrogens with one attached hydrogen (secondary N) is 2. The number of anilines is 2. The van der Waals surface area contributed by atoms with Crippen LogP contribution < -0.4 is 10.6 Å². The summed E-state index contributed by atoms with van der Waals surface area (Å²) >= 11 is 6.12. The Balaban J connectivity index is 1.65. The zero-order valence-corrected chi connectivity index (χ0v) is 17.3. The molecule has 1 atom stereocenters. The van der Waals surface area contributed by atoms with E-state index in [0.717, 1.165) is 16.6 Å². The fourth-order valence-corrected chi connectivity index (χ4v) is 4.08. The minimum atomic E-state index is -0.415. The predicted octanol–water partition coefficient (Wildman–Crippen LogP) is 5.76. The lowest BCUT2D eigenvalue weighted by Crippen LogP contribution is -2.30. The van der Waals surface area contributed by atoms with E-state index >= 15 is 0 Å². The molecule has 4 aromatic rings. The first kappa shape index (κ1) is 19.3. The summed E-state index contributed by atoms with van der Waals surface area (Å²) in [6.45, 7) is 1.85. The van der Waals surface area contributed by atoms with E-state index in [1.54, 1.807) is 0 Å². The average molecular weight is 433 g/mol. The summed E-state index contributed by atoms with van der Waals surface area (Å²) in [5.41, 5.74) is 4.40. The maximum atomic E-state index is 13.4. The second-order valence-electron chi connectivity index (χ2n) is 7.37. The van der Waals surface area contributed by atoms with Crippen molar-refractivity contribution >= 4 is 40.2 Å². The molecule has 7 heteroatoms. The average Bonchev–Trinajstić information content (AvgIpc) is 3.13. The summed E-state index contributed by atoms with van der Waals surface area (Å²) in [6.07, 6.45) is 0. The molecule has 5 nitrogen and oxygen atoms in total. The summed E-state index contributed by atoms with van der Waals surface area (Å²) in [5, 5.41) is 6.78.